The van der Waals surface area contributed by atoms with E-state index < -0.39 is 40.9 Å². The number of fused-ring (bicyclic) bond motifs is 1. The minimum absolute atomic E-state index is 0.0227. The molecule has 1 heterocycles. The SMILES string of the molecule is CN1C(=O)c2ccc(C(=O)OCC(=O)Nc3ccc(Cl)cc3[N+](=O)[O-])cc2C1=O. The van der Waals surface area contributed by atoms with Crippen LogP contribution < -0.4 is 5.32 Å². The molecule has 148 valence electrons. The highest BCUT2D eigenvalue weighted by Crippen LogP contribution is 2.27. The van der Waals surface area contributed by atoms with Crippen LogP contribution in [0.4, 0.5) is 11.4 Å². The number of halogens is 1. The average molecular weight is 418 g/mol. The first-order valence-corrected chi connectivity index (χ1v) is 8.44. The van der Waals surface area contributed by atoms with Crippen LogP contribution in [0.1, 0.15) is 31.1 Å². The lowest BCUT2D eigenvalue weighted by Gasteiger charge is -2.08. The molecule has 0 radical (unpaired) electrons. The monoisotopic (exact) mass is 417 g/mol. The lowest BCUT2D eigenvalue weighted by molar-refractivity contribution is -0.383. The molecule has 0 bridgehead atoms. The molecular formula is C18H12ClN3O7. The summed E-state index contributed by atoms with van der Waals surface area (Å²) < 4.78 is 4.88. The molecule has 3 amide bonds. The molecular weight excluding hydrogens is 406 g/mol. The molecule has 29 heavy (non-hydrogen) atoms. The van der Waals surface area contributed by atoms with Crippen molar-refractivity contribution in [3.05, 3.63) is 68.2 Å². The highest BCUT2D eigenvalue weighted by Gasteiger charge is 2.33. The van der Waals surface area contributed by atoms with Crippen molar-refractivity contribution in [2.75, 3.05) is 19.0 Å². The minimum atomic E-state index is -0.900. The molecule has 0 aromatic heterocycles. The van der Waals surface area contributed by atoms with Crippen molar-refractivity contribution in [1.29, 1.82) is 0 Å². The molecule has 0 fully saturated rings. The van der Waals surface area contributed by atoms with Gasteiger partial charge in [-0.1, -0.05) is 11.6 Å². The largest absolute Gasteiger partial charge is 0.452 e. The Hall–Kier alpha value is -3.79. The molecule has 3 rings (SSSR count). The Morgan fingerprint density at radius 1 is 1.14 bits per heavy atom. The fourth-order valence-electron chi connectivity index (χ4n) is 2.65. The van der Waals surface area contributed by atoms with Gasteiger partial charge in [-0.05, 0) is 30.3 Å². The molecule has 1 aliphatic rings. The number of hydrogen-bond acceptors (Lipinski definition) is 7. The molecule has 0 saturated heterocycles. The number of imide groups is 1. The number of benzene rings is 2. The Balaban J connectivity index is 1.66. The number of esters is 1. The molecule has 11 heteroatoms. The quantitative estimate of drug-likeness (QED) is 0.341. The summed E-state index contributed by atoms with van der Waals surface area (Å²) in [7, 11) is 1.32. The third-order valence-electron chi connectivity index (χ3n) is 4.09. The fraction of sp³-hybridized carbons (Fsp3) is 0.111. The van der Waals surface area contributed by atoms with Gasteiger partial charge in [0.1, 0.15) is 5.69 Å². The number of amides is 3. The van der Waals surface area contributed by atoms with Crippen molar-refractivity contribution >= 4 is 46.7 Å². The van der Waals surface area contributed by atoms with Gasteiger partial charge in [-0.3, -0.25) is 29.4 Å². The molecule has 1 N–H and O–H groups in total. The number of rotatable bonds is 5. The Kier molecular flexibility index (Phi) is 5.29. The van der Waals surface area contributed by atoms with Crippen molar-refractivity contribution < 1.29 is 28.8 Å². The highest BCUT2D eigenvalue weighted by atomic mass is 35.5. The molecule has 1 aliphatic heterocycles. The van der Waals surface area contributed by atoms with E-state index in [0.717, 1.165) is 11.0 Å². The summed E-state index contributed by atoms with van der Waals surface area (Å²) in [5, 5.41) is 13.4. The van der Waals surface area contributed by atoms with Gasteiger partial charge in [0.05, 0.1) is 21.6 Å². The predicted octanol–water partition coefficient (Wildman–Crippen LogP) is 2.27. The summed E-state index contributed by atoms with van der Waals surface area (Å²) in [4.78, 5) is 59.2. The third kappa shape index (κ3) is 3.92. The number of carbonyl (C=O) groups excluding carboxylic acids is 4. The van der Waals surface area contributed by atoms with E-state index in [1.165, 1.54) is 37.4 Å². The van der Waals surface area contributed by atoms with Crippen molar-refractivity contribution in [3.8, 4) is 0 Å². The topological polar surface area (TPSA) is 136 Å². The lowest BCUT2D eigenvalue weighted by Crippen LogP contribution is -2.24. The van der Waals surface area contributed by atoms with Crippen molar-refractivity contribution in [3.63, 3.8) is 0 Å². The van der Waals surface area contributed by atoms with E-state index in [4.69, 9.17) is 16.3 Å². The van der Waals surface area contributed by atoms with Gasteiger partial charge in [-0.25, -0.2) is 4.79 Å². The number of nitro benzene ring substituents is 1. The summed E-state index contributed by atoms with van der Waals surface area (Å²) in [5.74, 6) is -2.74. The average Bonchev–Trinajstić information content (AvgIpc) is 2.91. The molecule has 2 aromatic rings. The number of carbonyl (C=O) groups is 4. The summed E-state index contributed by atoms with van der Waals surface area (Å²) in [6.07, 6.45) is 0. The van der Waals surface area contributed by atoms with Gasteiger partial charge in [0.25, 0.3) is 23.4 Å². The maximum atomic E-state index is 12.2. The number of nitrogens with zero attached hydrogens (tertiary/aromatic N) is 2. The van der Waals surface area contributed by atoms with Crippen LogP contribution in [0.3, 0.4) is 0 Å². The number of hydrogen-bond donors (Lipinski definition) is 1. The van der Waals surface area contributed by atoms with Crippen LogP contribution in [0.25, 0.3) is 0 Å². The van der Waals surface area contributed by atoms with E-state index >= 15 is 0 Å². The van der Waals surface area contributed by atoms with Crippen LogP contribution in [-0.4, -0.2) is 47.2 Å². The summed E-state index contributed by atoms with van der Waals surface area (Å²) in [6.45, 7) is -0.720. The molecule has 10 nitrogen and oxygen atoms in total. The van der Waals surface area contributed by atoms with Crippen LogP contribution in [-0.2, 0) is 9.53 Å². The first kappa shape index (κ1) is 20.0. The van der Waals surface area contributed by atoms with E-state index in [9.17, 15) is 29.3 Å². The van der Waals surface area contributed by atoms with E-state index in [1.54, 1.807) is 0 Å². The Morgan fingerprint density at radius 2 is 1.83 bits per heavy atom. The van der Waals surface area contributed by atoms with Gasteiger partial charge in [0.15, 0.2) is 6.61 Å². The maximum absolute atomic E-state index is 12.2. The van der Waals surface area contributed by atoms with E-state index in [1.807, 2.05) is 0 Å². The number of ether oxygens (including phenoxy) is 1. The molecule has 0 unspecified atom stereocenters. The molecule has 0 atom stereocenters. The third-order valence-corrected chi connectivity index (χ3v) is 4.33. The maximum Gasteiger partial charge on any atom is 0.338 e. The van der Waals surface area contributed by atoms with Crippen molar-refractivity contribution in [1.82, 2.24) is 4.90 Å². The van der Waals surface area contributed by atoms with Crippen LogP contribution >= 0.6 is 11.6 Å². The first-order chi connectivity index (χ1) is 13.7. The summed E-state index contributed by atoms with van der Waals surface area (Å²) in [5.41, 5.74) is -0.311. The van der Waals surface area contributed by atoms with Gasteiger partial charge in [-0.2, -0.15) is 0 Å². The molecule has 0 spiro atoms. The highest BCUT2D eigenvalue weighted by molar-refractivity contribution is 6.31. The van der Waals surface area contributed by atoms with Crippen molar-refractivity contribution in [2.45, 2.75) is 0 Å². The second-order valence-electron chi connectivity index (χ2n) is 5.97. The number of nitro groups is 1. The normalized spacial score (nSPS) is 12.6. The zero-order chi connectivity index (χ0) is 21.3. The van der Waals surface area contributed by atoms with Gasteiger partial charge in [-0.15, -0.1) is 0 Å². The van der Waals surface area contributed by atoms with E-state index in [2.05, 4.69) is 5.32 Å². The number of nitrogens with one attached hydrogen (secondary N) is 1. The van der Waals surface area contributed by atoms with Crippen molar-refractivity contribution in [2.24, 2.45) is 0 Å². The molecule has 0 saturated carbocycles. The fourth-order valence-corrected chi connectivity index (χ4v) is 2.82. The van der Waals surface area contributed by atoms with E-state index in [0.29, 0.717) is 0 Å². The smallest absolute Gasteiger partial charge is 0.338 e. The standard InChI is InChI=1S/C18H12ClN3O7/c1-21-16(24)11-4-2-9(6-12(11)17(21)25)18(26)29-8-15(23)20-13-5-3-10(19)7-14(13)22(27)28/h2-7H,8H2,1H3,(H,20,23). The van der Waals surface area contributed by atoms with Gasteiger partial charge in [0, 0.05) is 18.1 Å². The second kappa shape index (κ2) is 7.68. The summed E-state index contributed by atoms with van der Waals surface area (Å²) >= 11 is 5.70. The van der Waals surface area contributed by atoms with Gasteiger partial charge >= 0.3 is 5.97 Å². The Labute approximate surface area is 168 Å². The van der Waals surface area contributed by atoms with E-state index in [-0.39, 0.29) is 27.4 Å². The molecule has 0 aliphatic carbocycles. The van der Waals surface area contributed by atoms with Crippen LogP contribution in [0.15, 0.2) is 36.4 Å². The Morgan fingerprint density at radius 3 is 2.52 bits per heavy atom. The Bertz CT molecular complexity index is 1080. The second-order valence-corrected chi connectivity index (χ2v) is 6.41. The van der Waals surface area contributed by atoms with Crippen LogP contribution in [0, 0.1) is 10.1 Å². The zero-order valence-electron chi connectivity index (χ0n) is 14.8. The van der Waals surface area contributed by atoms with Crippen LogP contribution in [0.5, 0.6) is 0 Å². The number of anilines is 1. The molecule has 2 aromatic carbocycles. The van der Waals surface area contributed by atoms with Crippen LogP contribution in [0.2, 0.25) is 5.02 Å². The first-order valence-electron chi connectivity index (χ1n) is 8.06. The summed E-state index contributed by atoms with van der Waals surface area (Å²) in [6, 6.07) is 7.52. The van der Waals surface area contributed by atoms with Gasteiger partial charge in [0.2, 0.25) is 0 Å². The zero-order valence-corrected chi connectivity index (χ0v) is 15.6. The predicted molar refractivity (Wildman–Crippen MR) is 99.9 cm³/mol. The minimum Gasteiger partial charge on any atom is -0.452 e. The van der Waals surface area contributed by atoms with Gasteiger partial charge < -0.3 is 10.1 Å². The lowest BCUT2D eigenvalue weighted by atomic mass is 10.1.